The van der Waals surface area contributed by atoms with Gasteiger partial charge in [0.15, 0.2) is 4.90 Å². The van der Waals surface area contributed by atoms with Crippen LogP contribution in [0.2, 0.25) is 0 Å². The third kappa shape index (κ3) is 2.94. The summed E-state index contributed by atoms with van der Waals surface area (Å²) >= 11 is 0. The van der Waals surface area contributed by atoms with Gasteiger partial charge in [0, 0.05) is 12.6 Å². The number of sulfonamides is 1. The normalized spacial score (nSPS) is 13.2. The van der Waals surface area contributed by atoms with E-state index < -0.39 is 37.5 Å². The molecule has 1 unspecified atom stereocenters. The van der Waals surface area contributed by atoms with Gasteiger partial charge in [0.1, 0.15) is 6.04 Å². The lowest BCUT2D eigenvalue weighted by Gasteiger charge is -2.23. The minimum Gasteiger partial charge on any atom is -0.480 e. The van der Waals surface area contributed by atoms with Crippen molar-refractivity contribution >= 4 is 21.7 Å². The summed E-state index contributed by atoms with van der Waals surface area (Å²) < 4.78 is 25.5. The van der Waals surface area contributed by atoms with Crippen LogP contribution in [-0.4, -0.2) is 41.3 Å². The summed E-state index contributed by atoms with van der Waals surface area (Å²) in [7, 11) is -4.26. The molecule has 1 aromatic carbocycles. The number of likely N-dealkylation sites (N-methyl/N-ethyl adjacent to an activating group) is 1. The van der Waals surface area contributed by atoms with Crippen molar-refractivity contribution in [2.24, 2.45) is 0 Å². The molecule has 0 saturated carbocycles. The van der Waals surface area contributed by atoms with Crippen LogP contribution in [0.15, 0.2) is 29.2 Å². The van der Waals surface area contributed by atoms with Gasteiger partial charge in [-0.15, -0.1) is 0 Å². The van der Waals surface area contributed by atoms with Crippen molar-refractivity contribution in [3.63, 3.8) is 0 Å². The number of carboxylic acids is 1. The average Bonchev–Trinajstić information content (AvgIpc) is 2.38. The van der Waals surface area contributed by atoms with Crippen molar-refractivity contribution < 1.29 is 23.2 Å². The summed E-state index contributed by atoms with van der Waals surface area (Å²) in [5, 5.41) is 19.8. The smallest absolute Gasteiger partial charge is 0.321 e. The zero-order valence-corrected chi connectivity index (χ0v) is 11.7. The van der Waals surface area contributed by atoms with Crippen molar-refractivity contribution in [1.29, 1.82) is 0 Å². The van der Waals surface area contributed by atoms with E-state index in [0.717, 1.165) is 12.1 Å². The zero-order valence-electron chi connectivity index (χ0n) is 10.9. The molecule has 8 nitrogen and oxygen atoms in total. The van der Waals surface area contributed by atoms with Gasteiger partial charge in [-0.2, -0.15) is 4.31 Å². The second kappa shape index (κ2) is 5.97. The molecule has 1 rings (SSSR count). The topological polar surface area (TPSA) is 118 Å². The van der Waals surface area contributed by atoms with Gasteiger partial charge in [0.25, 0.3) is 15.7 Å². The SMILES string of the molecule is CCN(C(C)C(=O)O)S(=O)(=O)c1ccccc1[N+](=O)[O-]. The fraction of sp³-hybridized carbons (Fsp3) is 0.364. The number of nitro benzene ring substituents is 1. The molecule has 0 amide bonds. The van der Waals surface area contributed by atoms with E-state index in [0.29, 0.717) is 4.31 Å². The van der Waals surface area contributed by atoms with Crippen molar-refractivity contribution in [2.45, 2.75) is 24.8 Å². The van der Waals surface area contributed by atoms with E-state index in [4.69, 9.17) is 5.11 Å². The number of nitrogens with zero attached hydrogens (tertiary/aromatic N) is 2. The maximum Gasteiger partial charge on any atom is 0.321 e. The predicted octanol–water partition coefficient (Wildman–Crippen LogP) is 1.08. The highest BCUT2D eigenvalue weighted by Gasteiger charge is 2.35. The molecule has 0 radical (unpaired) electrons. The monoisotopic (exact) mass is 302 g/mol. The van der Waals surface area contributed by atoms with E-state index >= 15 is 0 Å². The fourth-order valence-corrected chi connectivity index (χ4v) is 3.48. The Morgan fingerprint density at radius 1 is 1.45 bits per heavy atom. The quantitative estimate of drug-likeness (QED) is 0.620. The molecule has 9 heteroatoms. The van der Waals surface area contributed by atoms with Gasteiger partial charge >= 0.3 is 5.97 Å². The van der Waals surface area contributed by atoms with Crippen LogP contribution in [0.1, 0.15) is 13.8 Å². The van der Waals surface area contributed by atoms with E-state index in [9.17, 15) is 23.3 Å². The fourth-order valence-electron chi connectivity index (χ4n) is 1.73. The minimum atomic E-state index is -4.26. The molecule has 0 aromatic heterocycles. The van der Waals surface area contributed by atoms with Gasteiger partial charge < -0.3 is 5.11 Å². The van der Waals surface area contributed by atoms with Crippen LogP contribution >= 0.6 is 0 Å². The molecule has 1 atom stereocenters. The Labute approximate surface area is 115 Å². The lowest BCUT2D eigenvalue weighted by molar-refractivity contribution is -0.387. The first-order valence-corrected chi connectivity index (χ1v) is 7.15. The first-order chi connectivity index (χ1) is 9.23. The lowest BCUT2D eigenvalue weighted by Crippen LogP contribution is -2.43. The summed E-state index contributed by atoms with van der Waals surface area (Å²) in [5.41, 5.74) is -0.580. The number of hydrogen-bond donors (Lipinski definition) is 1. The molecule has 0 aliphatic carbocycles. The highest BCUT2D eigenvalue weighted by molar-refractivity contribution is 7.89. The lowest BCUT2D eigenvalue weighted by atomic mass is 10.3. The molecule has 0 spiro atoms. The van der Waals surface area contributed by atoms with Crippen molar-refractivity contribution in [3.05, 3.63) is 34.4 Å². The Bertz CT molecular complexity index is 628. The van der Waals surface area contributed by atoms with Gasteiger partial charge in [-0.3, -0.25) is 14.9 Å². The number of benzene rings is 1. The molecule has 0 heterocycles. The molecule has 0 bridgehead atoms. The Balaban J connectivity index is 3.43. The second-order valence-corrected chi connectivity index (χ2v) is 5.81. The third-order valence-corrected chi connectivity index (χ3v) is 4.84. The number of para-hydroxylation sites is 1. The predicted molar refractivity (Wildman–Crippen MR) is 69.8 cm³/mol. The number of nitro groups is 1. The number of hydrogen-bond acceptors (Lipinski definition) is 5. The zero-order chi connectivity index (χ0) is 15.5. The summed E-state index contributed by atoms with van der Waals surface area (Å²) in [5.74, 6) is -1.32. The van der Waals surface area contributed by atoms with Crippen LogP contribution in [-0.2, 0) is 14.8 Å². The molecule has 1 N–H and O–H groups in total. The van der Waals surface area contributed by atoms with Crippen LogP contribution in [0, 0.1) is 10.1 Å². The summed E-state index contributed by atoms with van der Waals surface area (Å²) in [6.07, 6.45) is 0. The largest absolute Gasteiger partial charge is 0.480 e. The van der Waals surface area contributed by atoms with Gasteiger partial charge in [-0.05, 0) is 13.0 Å². The number of rotatable bonds is 6. The Morgan fingerprint density at radius 3 is 2.45 bits per heavy atom. The van der Waals surface area contributed by atoms with Crippen molar-refractivity contribution in [2.75, 3.05) is 6.54 Å². The van der Waals surface area contributed by atoms with E-state index in [1.54, 1.807) is 0 Å². The van der Waals surface area contributed by atoms with Crippen LogP contribution in [0.5, 0.6) is 0 Å². The first kappa shape index (κ1) is 16.1. The number of carbonyl (C=O) groups is 1. The standard InChI is InChI=1S/C11H14N2O6S/c1-3-12(8(2)11(14)15)20(18,19)10-7-5-4-6-9(10)13(16)17/h4-8H,3H2,1-2H3,(H,14,15). The summed E-state index contributed by atoms with van der Waals surface area (Å²) in [4.78, 5) is 20.5. The van der Waals surface area contributed by atoms with Crippen molar-refractivity contribution in [1.82, 2.24) is 4.31 Å². The molecule has 1 aromatic rings. The van der Waals surface area contributed by atoms with Gasteiger partial charge in [0.2, 0.25) is 0 Å². The molecule has 0 saturated heterocycles. The van der Waals surface area contributed by atoms with Crippen LogP contribution in [0.25, 0.3) is 0 Å². The van der Waals surface area contributed by atoms with Crippen molar-refractivity contribution in [3.8, 4) is 0 Å². The van der Waals surface area contributed by atoms with E-state index in [1.807, 2.05) is 0 Å². The van der Waals surface area contributed by atoms with Gasteiger partial charge in [0.05, 0.1) is 4.92 Å². The second-order valence-electron chi connectivity index (χ2n) is 3.95. The van der Waals surface area contributed by atoms with Crippen LogP contribution in [0.4, 0.5) is 5.69 Å². The maximum atomic E-state index is 12.4. The molecular formula is C11H14N2O6S. The molecular weight excluding hydrogens is 288 g/mol. The van der Waals surface area contributed by atoms with E-state index in [2.05, 4.69) is 0 Å². The van der Waals surface area contributed by atoms with Crippen LogP contribution < -0.4 is 0 Å². The Kier molecular flexibility index (Phi) is 4.79. The average molecular weight is 302 g/mol. The molecule has 0 aliphatic heterocycles. The van der Waals surface area contributed by atoms with E-state index in [-0.39, 0.29) is 6.54 Å². The molecule has 0 aliphatic rings. The summed E-state index contributed by atoms with van der Waals surface area (Å²) in [6, 6.07) is 3.52. The van der Waals surface area contributed by atoms with Crippen LogP contribution in [0.3, 0.4) is 0 Å². The highest BCUT2D eigenvalue weighted by atomic mass is 32.2. The number of carboxylic acid groups (broad SMARTS) is 1. The highest BCUT2D eigenvalue weighted by Crippen LogP contribution is 2.27. The first-order valence-electron chi connectivity index (χ1n) is 5.71. The van der Waals surface area contributed by atoms with E-state index in [1.165, 1.54) is 26.0 Å². The third-order valence-electron chi connectivity index (χ3n) is 2.75. The maximum absolute atomic E-state index is 12.4. The van der Waals surface area contributed by atoms with Gasteiger partial charge in [-0.1, -0.05) is 19.1 Å². The summed E-state index contributed by atoms with van der Waals surface area (Å²) in [6.45, 7) is 2.56. The Hall–Kier alpha value is -2.00. The van der Waals surface area contributed by atoms with Gasteiger partial charge in [-0.25, -0.2) is 8.42 Å². The number of aliphatic carboxylic acids is 1. The molecule has 110 valence electrons. The molecule has 20 heavy (non-hydrogen) atoms. The Morgan fingerprint density at radius 2 is 2.00 bits per heavy atom. The molecule has 0 fully saturated rings. The minimum absolute atomic E-state index is 0.109.